The number of thiocarbonyl (C=S) groups is 1. The molecule has 0 bridgehead atoms. The van der Waals surface area contributed by atoms with E-state index in [-0.39, 0.29) is 18.1 Å². The molecule has 1 saturated heterocycles. The fourth-order valence-electron chi connectivity index (χ4n) is 5.47. The number of hydrogen-bond donors (Lipinski definition) is 0. The number of hydrogen-bond acceptors (Lipinski definition) is 8. The van der Waals surface area contributed by atoms with Crippen LogP contribution in [0.5, 0.6) is 0 Å². The number of rotatable bonds is 15. The Bertz CT molecular complexity index is 1070. The third-order valence-corrected chi connectivity index (χ3v) is 8.37. The standard InChI is InChI=1S/C32H41NO5S2/c1-35-40-22-21-37-31(39)12-8-3-2-7-11-28-30(23-29(34)32(28)33-17-19-36-20-18-33)38-24-25-13-15-27(16-14-25)26-9-5-4-6-10-26/h2-6,9-10,13-16,28,30,32H,7-8,11-12,17-24H2,1H3. The summed E-state index contributed by atoms with van der Waals surface area (Å²) in [6.07, 6.45) is 8.19. The van der Waals surface area contributed by atoms with E-state index in [0.717, 1.165) is 50.1 Å². The Morgan fingerprint density at radius 3 is 2.52 bits per heavy atom. The fourth-order valence-corrected chi connectivity index (χ4v) is 5.99. The molecule has 0 radical (unpaired) electrons. The van der Waals surface area contributed by atoms with Crippen molar-refractivity contribution in [2.75, 3.05) is 45.8 Å². The molecular formula is C32H41NO5S2. The molecule has 3 unspecified atom stereocenters. The normalized spacial score (nSPS) is 21.7. The first-order valence-corrected chi connectivity index (χ1v) is 15.5. The lowest BCUT2D eigenvalue weighted by atomic mass is 9.93. The summed E-state index contributed by atoms with van der Waals surface area (Å²) in [4.78, 5) is 15.5. The number of nitrogens with zero attached hydrogens (tertiary/aromatic N) is 1. The molecule has 4 rings (SSSR count). The van der Waals surface area contributed by atoms with Crippen LogP contribution in [0, 0.1) is 5.92 Å². The van der Waals surface area contributed by atoms with Gasteiger partial charge in [0.2, 0.25) is 0 Å². The molecule has 1 heterocycles. The zero-order valence-corrected chi connectivity index (χ0v) is 25.0. The molecule has 0 spiro atoms. The number of ketones is 1. The molecule has 40 heavy (non-hydrogen) atoms. The van der Waals surface area contributed by atoms with E-state index in [1.807, 2.05) is 6.07 Å². The van der Waals surface area contributed by atoms with Crippen LogP contribution in [0.25, 0.3) is 11.1 Å². The molecule has 2 aromatic carbocycles. The molecule has 2 aromatic rings. The first kappa shape index (κ1) is 30.9. The van der Waals surface area contributed by atoms with Crippen LogP contribution in [0.1, 0.15) is 37.7 Å². The van der Waals surface area contributed by atoms with Crippen molar-refractivity contribution in [1.29, 1.82) is 0 Å². The summed E-state index contributed by atoms with van der Waals surface area (Å²) in [6.45, 7) is 4.05. The Morgan fingerprint density at radius 1 is 1.05 bits per heavy atom. The van der Waals surface area contributed by atoms with Crippen molar-refractivity contribution in [3.05, 3.63) is 72.3 Å². The van der Waals surface area contributed by atoms with Crippen molar-refractivity contribution < 1.29 is 23.2 Å². The van der Waals surface area contributed by atoms with Crippen LogP contribution in [-0.2, 0) is 29.8 Å². The minimum Gasteiger partial charge on any atom is -0.486 e. The number of morpholine rings is 1. The number of Topliss-reactive ketones (excluding diaryl/α,β-unsaturated/α-hetero) is 1. The zero-order valence-electron chi connectivity index (χ0n) is 23.4. The Balaban J connectivity index is 1.29. The van der Waals surface area contributed by atoms with Gasteiger partial charge in [0.05, 0.1) is 44.8 Å². The Hall–Kier alpha value is -2.07. The molecule has 0 N–H and O–H groups in total. The number of carbonyl (C=O) groups excluding carboxylic acids is 1. The van der Waals surface area contributed by atoms with Gasteiger partial charge in [-0.2, -0.15) is 0 Å². The Kier molecular flexibility index (Phi) is 13.1. The second kappa shape index (κ2) is 17.0. The van der Waals surface area contributed by atoms with E-state index < -0.39 is 0 Å². The summed E-state index contributed by atoms with van der Waals surface area (Å²) in [5.41, 5.74) is 3.52. The van der Waals surface area contributed by atoms with Crippen LogP contribution >= 0.6 is 24.3 Å². The van der Waals surface area contributed by atoms with Gasteiger partial charge >= 0.3 is 0 Å². The number of carbonyl (C=O) groups is 1. The molecule has 1 saturated carbocycles. The molecular weight excluding hydrogens is 542 g/mol. The second-order valence-electron chi connectivity index (χ2n) is 10.1. The summed E-state index contributed by atoms with van der Waals surface area (Å²) < 4.78 is 22.5. The van der Waals surface area contributed by atoms with Crippen LogP contribution in [-0.4, -0.2) is 73.7 Å². The predicted octanol–water partition coefficient (Wildman–Crippen LogP) is 6.28. The second-order valence-corrected chi connectivity index (χ2v) is 11.6. The van der Waals surface area contributed by atoms with Gasteiger partial charge in [-0.15, -0.1) is 0 Å². The maximum absolute atomic E-state index is 13.2. The van der Waals surface area contributed by atoms with Gasteiger partial charge in [-0.05, 0) is 60.2 Å². The van der Waals surface area contributed by atoms with Crippen LogP contribution in [0.3, 0.4) is 0 Å². The van der Waals surface area contributed by atoms with E-state index in [9.17, 15) is 4.79 Å². The molecule has 1 aliphatic heterocycles. The lowest BCUT2D eigenvalue weighted by Crippen LogP contribution is -2.49. The molecule has 8 heteroatoms. The topological polar surface area (TPSA) is 57.2 Å². The van der Waals surface area contributed by atoms with Gasteiger partial charge in [0.15, 0.2) is 10.8 Å². The van der Waals surface area contributed by atoms with Gasteiger partial charge in [0, 0.05) is 31.8 Å². The highest BCUT2D eigenvalue weighted by atomic mass is 32.2. The summed E-state index contributed by atoms with van der Waals surface area (Å²) in [5, 5.41) is 0.639. The van der Waals surface area contributed by atoms with Crippen molar-refractivity contribution in [3.8, 4) is 11.1 Å². The van der Waals surface area contributed by atoms with Crippen molar-refractivity contribution in [1.82, 2.24) is 4.90 Å². The van der Waals surface area contributed by atoms with Crippen LogP contribution < -0.4 is 0 Å². The molecule has 6 nitrogen and oxygen atoms in total. The summed E-state index contributed by atoms with van der Waals surface area (Å²) in [6, 6.07) is 18.8. The first-order chi connectivity index (χ1) is 19.7. The first-order valence-electron chi connectivity index (χ1n) is 14.2. The maximum Gasteiger partial charge on any atom is 0.160 e. The molecule has 1 aliphatic carbocycles. The van der Waals surface area contributed by atoms with Gasteiger partial charge in [0.25, 0.3) is 0 Å². The largest absolute Gasteiger partial charge is 0.486 e. The average molecular weight is 584 g/mol. The van der Waals surface area contributed by atoms with Gasteiger partial charge < -0.3 is 18.4 Å². The third-order valence-electron chi connectivity index (χ3n) is 7.48. The Morgan fingerprint density at radius 2 is 1.77 bits per heavy atom. The molecule has 2 aliphatic rings. The third kappa shape index (κ3) is 9.50. The summed E-state index contributed by atoms with van der Waals surface area (Å²) in [5.74, 6) is 1.23. The summed E-state index contributed by atoms with van der Waals surface area (Å²) in [7, 11) is 1.65. The maximum atomic E-state index is 13.2. The highest BCUT2D eigenvalue weighted by Gasteiger charge is 2.45. The quantitative estimate of drug-likeness (QED) is 0.105. The van der Waals surface area contributed by atoms with Crippen molar-refractivity contribution in [3.63, 3.8) is 0 Å². The molecule has 2 fully saturated rings. The van der Waals surface area contributed by atoms with Gasteiger partial charge in [-0.25, -0.2) is 0 Å². The van der Waals surface area contributed by atoms with Crippen LogP contribution in [0.4, 0.5) is 0 Å². The lowest BCUT2D eigenvalue weighted by Gasteiger charge is -2.35. The highest BCUT2D eigenvalue weighted by molar-refractivity contribution is 7.94. The minimum absolute atomic E-state index is 0.0755. The van der Waals surface area contributed by atoms with Crippen LogP contribution in [0.15, 0.2) is 66.7 Å². The lowest BCUT2D eigenvalue weighted by molar-refractivity contribution is -0.124. The molecule has 3 atom stereocenters. The average Bonchev–Trinajstić information content (AvgIpc) is 3.31. The minimum atomic E-state index is -0.0892. The van der Waals surface area contributed by atoms with Gasteiger partial charge in [0.1, 0.15) is 6.61 Å². The Labute approximate surface area is 248 Å². The molecule has 0 amide bonds. The van der Waals surface area contributed by atoms with E-state index in [0.29, 0.717) is 43.7 Å². The fraction of sp³-hybridized carbons (Fsp3) is 0.500. The number of allylic oxidation sites excluding steroid dienone is 2. The molecule has 0 aromatic heterocycles. The van der Waals surface area contributed by atoms with Crippen molar-refractivity contribution >= 4 is 35.1 Å². The van der Waals surface area contributed by atoms with E-state index in [1.54, 1.807) is 7.11 Å². The van der Waals surface area contributed by atoms with E-state index in [1.165, 1.54) is 23.2 Å². The van der Waals surface area contributed by atoms with Gasteiger partial charge in [-0.3, -0.25) is 9.69 Å². The highest BCUT2D eigenvalue weighted by Crippen LogP contribution is 2.35. The number of benzene rings is 2. The summed E-state index contributed by atoms with van der Waals surface area (Å²) >= 11 is 6.68. The van der Waals surface area contributed by atoms with Gasteiger partial charge in [-0.1, -0.05) is 66.7 Å². The van der Waals surface area contributed by atoms with Crippen molar-refractivity contribution in [2.24, 2.45) is 5.92 Å². The number of ether oxygens (including phenoxy) is 3. The van der Waals surface area contributed by atoms with E-state index in [4.69, 9.17) is 30.6 Å². The van der Waals surface area contributed by atoms with E-state index >= 15 is 0 Å². The SMILES string of the molecule is COSCCOC(=S)CCC=CCCC1C(OCc2ccc(-c3ccccc3)cc2)CC(=O)C1N1CCOCC1. The monoisotopic (exact) mass is 583 g/mol. The predicted molar refractivity (Wildman–Crippen MR) is 165 cm³/mol. The van der Waals surface area contributed by atoms with Crippen LogP contribution in [0.2, 0.25) is 0 Å². The smallest absolute Gasteiger partial charge is 0.160 e. The zero-order chi connectivity index (χ0) is 28.0. The molecule has 216 valence electrons. The van der Waals surface area contributed by atoms with Crippen molar-refractivity contribution in [2.45, 2.75) is 50.9 Å². The van der Waals surface area contributed by atoms with E-state index in [2.05, 4.69) is 65.6 Å².